The smallest absolute Gasteiger partial charge is 0.282 e. The highest BCUT2D eigenvalue weighted by Gasteiger charge is 2.22. The first-order valence-electron chi connectivity index (χ1n) is 11.1. The van der Waals surface area contributed by atoms with Crippen LogP contribution in [0.1, 0.15) is 69.7 Å². The highest BCUT2D eigenvalue weighted by atomic mass is 127. The van der Waals surface area contributed by atoms with Gasteiger partial charge in [0.25, 0.3) is 5.56 Å². The molecular formula is C25H28IN3O2. The number of halogens is 1. The van der Waals surface area contributed by atoms with E-state index in [1.54, 1.807) is 6.21 Å². The Bertz CT molecular complexity index is 1150. The Morgan fingerprint density at radius 1 is 1.23 bits per heavy atom. The predicted molar refractivity (Wildman–Crippen MR) is 134 cm³/mol. The van der Waals surface area contributed by atoms with Gasteiger partial charge in [-0.1, -0.05) is 38.3 Å². The lowest BCUT2D eigenvalue weighted by atomic mass is 9.88. The van der Waals surface area contributed by atoms with E-state index >= 15 is 0 Å². The average molecular weight is 529 g/mol. The Balaban J connectivity index is 1.71. The van der Waals surface area contributed by atoms with E-state index in [1.807, 2.05) is 42.5 Å². The van der Waals surface area contributed by atoms with Crippen molar-refractivity contribution < 1.29 is 4.74 Å². The van der Waals surface area contributed by atoms with E-state index in [2.05, 4.69) is 41.5 Å². The minimum absolute atomic E-state index is 0.103. The quantitative estimate of drug-likeness (QED) is 0.286. The van der Waals surface area contributed by atoms with Gasteiger partial charge in [0.1, 0.15) is 11.6 Å². The Kier molecular flexibility index (Phi) is 7.05. The van der Waals surface area contributed by atoms with Crippen LogP contribution in [0.5, 0.6) is 5.75 Å². The minimum atomic E-state index is -0.103. The number of nitrogens with zero attached hydrogens (tertiary/aromatic N) is 3. The van der Waals surface area contributed by atoms with Gasteiger partial charge < -0.3 is 4.74 Å². The Morgan fingerprint density at radius 2 is 2.00 bits per heavy atom. The first kappa shape index (κ1) is 22.0. The van der Waals surface area contributed by atoms with Crippen molar-refractivity contribution in [2.24, 2.45) is 5.10 Å². The molecule has 1 saturated carbocycles. The van der Waals surface area contributed by atoms with E-state index in [-0.39, 0.29) is 17.6 Å². The zero-order valence-electron chi connectivity index (χ0n) is 18.1. The highest BCUT2D eigenvalue weighted by Crippen LogP contribution is 2.31. The number of fused-ring (bicyclic) bond motifs is 1. The topological polar surface area (TPSA) is 56.5 Å². The SMILES string of the molecule is CC[C@@H](C)Oc1ccc(C=Nn2c(C3CCCCC3)nc3ccccc3c2=O)cc1I. The lowest BCUT2D eigenvalue weighted by Gasteiger charge is -2.22. The molecule has 0 saturated heterocycles. The molecule has 0 N–H and O–H groups in total. The van der Waals surface area contributed by atoms with Crippen molar-refractivity contribution in [1.29, 1.82) is 0 Å². The molecular weight excluding hydrogens is 501 g/mol. The van der Waals surface area contributed by atoms with Gasteiger partial charge in [-0.3, -0.25) is 4.79 Å². The molecule has 6 heteroatoms. The molecule has 0 radical (unpaired) electrons. The first-order valence-corrected chi connectivity index (χ1v) is 12.2. The second kappa shape index (κ2) is 9.94. The van der Waals surface area contributed by atoms with Crippen LogP contribution in [-0.4, -0.2) is 22.0 Å². The van der Waals surface area contributed by atoms with E-state index in [4.69, 9.17) is 9.72 Å². The molecule has 1 aliphatic carbocycles. The molecule has 0 aliphatic heterocycles. The highest BCUT2D eigenvalue weighted by molar-refractivity contribution is 14.1. The summed E-state index contributed by atoms with van der Waals surface area (Å²) in [4.78, 5) is 18.1. The molecule has 0 spiro atoms. The summed E-state index contributed by atoms with van der Waals surface area (Å²) < 4.78 is 8.51. The first-order chi connectivity index (χ1) is 15.1. The van der Waals surface area contributed by atoms with Crippen molar-refractivity contribution >= 4 is 39.7 Å². The summed E-state index contributed by atoms with van der Waals surface area (Å²) in [6.07, 6.45) is 8.59. The molecule has 0 amide bonds. The number of aromatic nitrogens is 2. The zero-order valence-corrected chi connectivity index (χ0v) is 20.2. The van der Waals surface area contributed by atoms with Crippen molar-refractivity contribution in [3.05, 3.63) is 67.8 Å². The van der Waals surface area contributed by atoms with Crippen molar-refractivity contribution in [1.82, 2.24) is 9.66 Å². The van der Waals surface area contributed by atoms with Crippen LogP contribution in [-0.2, 0) is 0 Å². The Hall–Kier alpha value is -2.22. The number of hydrogen-bond acceptors (Lipinski definition) is 4. The van der Waals surface area contributed by atoms with E-state index in [1.165, 1.54) is 23.9 Å². The largest absolute Gasteiger partial charge is 0.490 e. The van der Waals surface area contributed by atoms with Crippen LogP contribution in [0.25, 0.3) is 10.9 Å². The maximum Gasteiger partial charge on any atom is 0.282 e. The molecule has 5 nitrogen and oxygen atoms in total. The number of para-hydroxylation sites is 1. The van der Waals surface area contributed by atoms with E-state index < -0.39 is 0 Å². The lowest BCUT2D eigenvalue weighted by Crippen LogP contribution is -2.25. The summed E-state index contributed by atoms with van der Waals surface area (Å²) in [5.41, 5.74) is 1.57. The van der Waals surface area contributed by atoms with Crippen molar-refractivity contribution in [3.8, 4) is 5.75 Å². The van der Waals surface area contributed by atoms with Crippen molar-refractivity contribution in [2.75, 3.05) is 0 Å². The molecule has 1 aliphatic rings. The third kappa shape index (κ3) is 5.00. The fourth-order valence-corrected chi connectivity index (χ4v) is 4.66. The lowest BCUT2D eigenvalue weighted by molar-refractivity contribution is 0.216. The summed E-state index contributed by atoms with van der Waals surface area (Å²) in [7, 11) is 0. The number of ether oxygens (including phenoxy) is 1. The Labute approximate surface area is 196 Å². The van der Waals surface area contributed by atoms with Crippen LogP contribution in [0.15, 0.2) is 52.4 Å². The second-order valence-electron chi connectivity index (χ2n) is 8.21. The third-order valence-electron chi connectivity index (χ3n) is 5.93. The number of rotatable bonds is 6. The summed E-state index contributed by atoms with van der Waals surface area (Å²) in [5, 5.41) is 5.22. The van der Waals surface area contributed by atoms with Crippen LogP contribution < -0.4 is 10.3 Å². The van der Waals surface area contributed by atoms with Gasteiger partial charge in [-0.25, -0.2) is 4.98 Å². The fourth-order valence-electron chi connectivity index (χ4n) is 3.99. The molecule has 1 aromatic heterocycles. The summed E-state index contributed by atoms with van der Waals surface area (Å²) in [5.74, 6) is 1.93. The van der Waals surface area contributed by atoms with Gasteiger partial charge in [-0.05, 0) is 84.7 Å². The maximum absolute atomic E-state index is 13.3. The molecule has 3 aromatic rings. The molecule has 2 aromatic carbocycles. The second-order valence-corrected chi connectivity index (χ2v) is 9.37. The molecule has 31 heavy (non-hydrogen) atoms. The number of benzene rings is 2. The van der Waals surface area contributed by atoms with Gasteiger partial charge in [0.05, 0.1) is 26.8 Å². The maximum atomic E-state index is 13.3. The standard InChI is InChI=1S/C25H28IN3O2/c1-3-17(2)31-23-14-13-18(15-21(23)26)16-27-29-24(19-9-5-4-6-10-19)28-22-12-8-7-11-20(22)25(29)30/h7-8,11-17,19H,3-6,9-10H2,1-2H3/t17-/m1/s1. The van der Waals surface area contributed by atoms with Gasteiger partial charge in [0.15, 0.2) is 0 Å². The molecule has 1 fully saturated rings. The average Bonchev–Trinajstić information content (AvgIpc) is 2.80. The normalized spacial score (nSPS) is 16.1. The molecule has 4 rings (SSSR count). The third-order valence-corrected chi connectivity index (χ3v) is 6.77. The van der Waals surface area contributed by atoms with Crippen LogP contribution in [0.3, 0.4) is 0 Å². The van der Waals surface area contributed by atoms with Gasteiger partial charge in [0.2, 0.25) is 0 Å². The van der Waals surface area contributed by atoms with E-state index in [0.29, 0.717) is 5.39 Å². The van der Waals surface area contributed by atoms with Crippen molar-refractivity contribution in [2.45, 2.75) is 64.4 Å². The predicted octanol–water partition coefficient (Wildman–Crippen LogP) is 6.11. The molecule has 0 bridgehead atoms. The van der Waals surface area contributed by atoms with Crippen LogP contribution in [0.4, 0.5) is 0 Å². The summed E-state index contributed by atoms with van der Waals surface area (Å²) >= 11 is 2.28. The molecule has 1 atom stereocenters. The van der Waals surface area contributed by atoms with Crippen LogP contribution >= 0.6 is 22.6 Å². The van der Waals surface area contributed by atoms with Gasteiger partial charge in [0, 0.05) is 5.92 Å². The van der Waals surface area contributed by atoms with Gasteiger partial charge >= 0.3 is 0 Å². The van der Waals surface area contributed by atoms with Crippen LogP contribution in [0.2, 0.25) is 0 Å². The van der Waals surface area contributed by atoms with Crippen molar-refractivity contribution in [3.63, 3.8) is 0 Å². The molecule has 162 valence electrons. The zero-order chi connectivity index (χ0) is 21.8. The van der Waals surface area contributed by atoms with Crippen LogP contribution in [0, 0.1) is 3.57 Å². The monoisotopic (exact) mass is 529 g/mol. The van der Waals surface area contributed by atoms with E-state index in [9.17, 15) is 4.79 Å². The van der Waals surface area contributed by atoms with E-state index in [0.717, 1.165) is 45.5 Å². The molecule has 1 heterocycles. The molecule has 0 unspecified atom stereocenters. The summed E-state index contributed by atoms with van der Waals surface area (Å²) in [6, 6.07) is 13.5. The fraction of sp³-hybridized carbons (Fsp3) is 0.400. The number of hydrogen-bond donors (Lipinski definition) is 0. The summed E-state index contributed by atoms with van der Waals surface area (Å²) in [6.45, 7) is 4.18. The van der Waals surface area contributed by atoms with Gasteiger partial charge in [-0.2, -0.15) is 9.78 Å². The Morgan fingerprint density at radius 3 is 2.74 bits per heavy atom. The van der Waals surface area contributed by atoms with Gasteiger partial charge in [-0.15, -0.1) is 0 Å². The minimum Gasteiger partial charge on any atom is -0.490 e.